The largest absolute Gasteiger partial charge is 0.464 e. The van der Waals surface area contributed by atoms with Crippen molar-refractivity contribution in [3.8, 4) is 0 Å². The molecule has 0 atom stereocenters. The molecule has 28 heavy (non-hydrogen) atoms. The third-order valence-corrected chi connectivity index (χ3v) is 5.24. The minimum absolute atomic E-state index is 0.146. The maximum Gasteiger partial charge on any atom is 0.328 e. The molecule has 0 spiro atoms. The summed E-state index contributed by atoms with van der Waals surface area (Å²) in [6.07, 6.45) is 1.58. The Bertz CT molecular complexity index is 1060. The fourth-order valence-electron chi connectivity index (χ4n) is 2.84. The normalized spacial score (nSPS) is 16.0. The van der Waals surface area contributed by atoms with Crippen LogP contribution < -0.4 is 5.69 Å². The zero-order valence-electron chi connectivity index (χ0n) is 16.1. The number of esters is 1. The standard InChI is InChI=1S/C19H21N3O5S/c1-11(2)10-27-16(23)9-22-17(24)15(28-19(22)26)8-12-5-6-13-14(7-12)21(4)18(25)20(13)3/h5-8,11H,9-10H2,1-4H3/b15-8+. The summed E-state index contributed by atoms with van der Waals surface area (Å²) < 4.78 is 8.10. The number of rotatable bonds is 5. The Morgan fingerprint density at radius 2 is 1.82 bits per heavy atom. The van der Waals surface area contributed by atoms with Gasteiger partial charge in [0.1, 0.15) is 6.54 Å². The van der Waals surface area contributed by atoms with Gasteiger partial charge in [0.05, 0.1) is 22.5 Å². The quantitative estimate of drug-likeness (QED) is 0.561. The van der Waals surface area contributed by atoms with Gasteiger partial charge in [-0.2, -0.15) is 0 Å². The molecule has 1 aromatic heterocycles. The SMILES string of the molecule is CC(C)COC(=O)CN1C(=O)S/C(=C/c2ccc3c(c2)n(C)c(=O)n3C)C1=O. The number of imide groups is 1. The van der Waals surface area contributed by atoms with Gasteiger partial charge in [0, 0.05) is 14.1 Å². The van der Waals surface area contributed by atoms with Crippen molar-refractivity contribution in [3.05, 3.63) is 39.2 Å². The highest BCUT2D eigenvalue weighted by Gasteiger charge is 2.36. The van der Waals surface area contributed by atoms with E-state index in [9.17, 15) is 19.2 Å². The highest BCUT2D eigenvalue weighted by atomic mass is 32.2. The third-order valence-electron chi connectivity index (χ3n) is 4.33. The average molecular weight is 403 g/mol. The molecule has 9 heteroatoms. The lowest BCUT2D eigenvalue weighted by atomic mass is 10.2. The molecule has 0 radical (unpaired) electrons. The maximum atomic E-state index is 12.5. The van der Waals surface area contributed by atoms with E-state index < -0.39 is 23.7 Å². The van der Waals surface area contributed by atoms with E-state index in [0.29, 0.717) is 5.56 Å². The van der Waals surface area contributed by atoms with Crippen LogP contribution in [0.5, 0.6) is 0 Å². The molecule has 2 aromatic rings. The average Bonchev–Trinajstić information content (AvgIpc) is 3.03. The number of thioether (sulfide) groups is 1. The second-order valence-corrected chi connectivity index (χ2v) is 7.99. The fraction of sp³-hybridized carbons (Fsp3) is 0.368. The van der Waals surface area contributed by atoms with Gasteiger partial charge in [-0.25, -0.2) is 4.79 Å². The van der Waals surface area contributed by atoms with E-state index in [1.165, 1.54) is 9.13 Å². The number of benzene rings is 1. The van der Waals surface area contributed by atoms with Gasteiger partial charge in [0.15, 0.2) is 0 Å². The van der Waals surface area contributed by atoms with Crippen molar-refractivity contribution in [1.82, 2.24) is 14.0 Å². The van der Waals surface area contributed by atoms with E-state index in [4.69, 9.17) is 4.74 Å². The summed E-state index contributed by atoms with van der Waals surface area (Å²) in [6.45, 7) is 3.63. The molecule has 1 fully saturated rings. The van der Waals surface area contributed by atoms with Gasteiger partial charge in [-0.1, -0.05) is 19.9 Å². The Kier molecular flexibility index (Phi) is 5.46. The summed E-state index contributed by atoms with van der Waals surface area (Å²) in [4.78, 5) is 49.7. The molecule has 0 unspecified atom stereocenters. The number of hydrogen-bond acceptors (Lipinski definition) is 6. The third kappa shape index (κ3) is 3.75. The number of amides is 2. The molecule has 0 bridgehead atoms. The molecule has 1 aromatic carbocycles. The number of carbonyl (C=O) groups is 3. The van der Waals surface area contributed by atoms with Gasteiger partial charge in [-0.15, -0.1) is 0 Å². The summed E-state index contributed by atoms with van der Waals surface area (Å²) in [7, 11) is 3.36. The van der Waals surface area contributed by atoms with Crippen molar-refractivity contribution in [1.29, 1.82) is 0 Å². The lowest BCUT2D eigenvalue weighted by Crippen LogP contribution is -2.34. The number of fused-ring (bicyclic) bond motifs is 1. The second kappa shape index (κ2) is 7.67. The van der Waals surface area contributed by atoms with Crippen LogP contribution >= 0.6 is 11.8 Å². The predicted octanol–water partition coefficient (Wildman–Crippen LogP) is 2.11. The smallest absolute Gasteiger partial charge is 0.328 e. The van der Waals surface area contributed by atoms with Crippen molar-refractivity contribution in [2.24, 2.45) is 20.0 Å². The van der Waals surface area contributed by atoms with Crippen molar-refractivity contribution in [2.75, 3.05) is 13.2 Å². The van der Waals surface area contributed by atoms with Crippen molar-refractivity contribution >= 4 is 46.0 Å². The van der Waals surface area contributed by atoms with E-state index in [0.717, 1.165) is 27.7 Å². The van der Waals surface area contributed by atoms with Crippen LogP contribution in [0.15, 0.2) is 27.9 Å². The number of ether oxygens (including phenoxy) is 1. The Morgan fingerprint density at radius 3 is 2.50 bits per heavy atom. The van der Waals surface area contributed by atoms with Gasteiger partial charge in [-0.3, -0.25) is 28.4 Å². The molecular weight excluding hydrogens is 382 g/mol. The number of carbonyl (C=O) groups excluding carboxylic acids is 3. The van der Waals surface area contributed by atoms with Gasteiger partial charge in [0.25, 0.3) is 11.1 Å². The van der Waals surface area contributed by atoms with E-state index >= 15 is 0 Å². The van der Waals surface area contributed by atoms with E-state index in [1.54, 1.807) is 38.4 Å². The number of imidazole rings is 1. The molecule has 1 saturated heterocycles. The highest BCUT2D eigenvalue weighted by molar-refractivity contribution is 8.18. The summed E-state index contributed by atoms with van der Waals surface area (Å²) >= 11 is 0.778. The van der Waals surface area contributed by atoms with E-state index in [-0.39, 0.29) is 23.1 Å². The second-order valence-electron chi connectivity index (χ2n) is 6.99. The summed E-state index contributed by atoms with van der Waals surface area (Å²) in [5.41, 5.74) is 2.03. The Hall–Kier alpha value is -2.81. The number of nitrogens with zero attached hydrogens (tertiary/aromatic N) is 3. The monoisotopic (exact) mass is 403 g/mol. The van der Waals surface area contributed by atoms with E-state index in [1.807, 2.05) is 13.8 Å². The van der Waals surface area contributed by atoms with Gasteiger partial charge < -0.3 is 4.74 Å². The molecule has 2 heterocycles. The topological polar surface area (TPSA) is 90.6 Å². The minimum Gasteiger partial charge on any atom is -0.464 e. The first-order chi connectivity index (χ1) is 13.2. The van der Waals surface area contributed by atoms with E-state index in [2.05, 4.69) is 0 Å². The summed E-state index contributed by atoms with van der Waals surface area (Å²) in [5, 5.41) is -0.508. The van der Waals surface area contributed by atoms with Crippen LogP contribution in [-0.2, 0) is 28.4 Å². The first-order valence-electron chi connectivity index (χ1n) is 8.75. The molecule has 1 aliphatic rings. The molecule has 0 N–H and O–H groups in total. The lowest BCUT2D eigenvalue weighted by Gasteiger charge is -2.12. The lowest BCUT2D eigenvalue weighted by molar-refractivity contribution is -0.147. The molecular formula is C19H21N3O5S. The van der Waals surface area contributed by atoms with Gasteiger partial charge in [0.2, 0.25) is 0 Å². The van der Waals surface area contributed by atoms with Crippen molar-refractivity contribution in [2.45, 2.75) is 13.8 Å². The molecule has 1 aliphatic heterocycles. The summed E-state index contributed by atoms with van der Waals surface area (Å²) in [5.74, 6) is -0.973. The maximum absolute atomic E-state index is 12.5. The van der Waals surface area contributed by atoms with Crippen molar-refractivity contribution < 1.29 is 19.1 Å². The number of hydrogen-bond donors (Lipinski definition) is 0. The molecule has 0 saturated carbocycles. The summed E-state index contributed by atoms with van der Waals surface area (Å²) in [6, 6.07) is 5.34. The first-order valence-corrected chi connectivity index (χ1v) is 9.57. The molecule has 2 amide bonds. The van der Waals surface area contributed by atoms with Crippen LogP contribution in [0.25, 0.3) is 17.1 Å². The Morgan fingerprint density at radius 1 is 1.14 bits per heavy atom. The molecule has 3 rings (SSSR count). The first kappa shape index (κ1) is 19.9. The predicted molar refractivity (Wildman–Crippen MR) is 107 cm³/mol. The molecule has 0 aliphatic carbocycles. The van der Waals surface area contributed by atoms with Crippen LogP contribution in [0.3, 0.4) is 0 Å². The van der Waals surface area contributed by atoms with Gasteiger partial charge >= 0.3 is 11.7 Å². The van der Waals surface area contributed by atoms with Crippen LogP contribution in [0.4, 0.5) is 4.79 Å². The zero-order chi connectivity index (χ0) is 20.6. The molecule has 148 valence electrons. The van der Waals surface area contributed by atoms with Crippen LogP contribution in [0.1, 0.15) is 19.4 Å². The highest BCUT2D eigenvalue weighted by Crippen LogP contribution is 2.32. The van der Waals surface area contributed by atoms with Gasteiger partial charge in [-0.05, 0) is 41.5 Å². The number of aryl methyl sites for hydroxylation is 2. The van der Waals surface area contributed by atoms with Crippen LogP contribution in [-0.4, -0.2) is 44.3 Å². The fourth-order valence-corrected chi connectivity index (χ4v) is 3.67. The van der Waals surface area contributed by atoms with Crippen molar-refractivity contribution in [3.63, 3.8) is 0 Å². The van der Waals surface area contributed by atoms with Crippen LogP contribution in [0.2, 0.25) is 0 Å². The number of aromatic nitrogens is 2. The molecule has 8 nitrogen and oxygen atoms in total. The minimum atomic E-state index is -0.613. The Balaban J connectivity index is 1.82. The Labute approximate surface area is 165 Å². The van der Waals surface area contributed by atoms with Crippen LogP contribution in [0, 0.1) is 5.92 Å². The zero-order valence-corrected chi connectivity index (χ0v) is 16.9.